The topological polar surface area (TPSA) is 82.9 Å². The number of piperidine rings is 1. The summed E-state index contributed by atoms with van der Waals surface area (Å²) in [7, 11) is 1.62. The van der Waals surface area contributed by atoms with Gasteiger partial charge in [-0.1, -0.05) is 6.07 Å². The van der Waals surface area contributed by atoms with Gasteiger partial charge in [0.25, 0.3) is 0 Å². The van der Waals surface area contributed by atoms with E-state index in [1.165, 1.54) is 4.21 Å². The first kappa shape index (κ1) is 24.0. The maximum Gasteiger partial charge on any atom is 0.308 e. The molecule has 3 atom stereocenters. The Morgan fingerprint density at radius 3 is 3.00 bits per heavy atom. The molecule has 1 unspecified atom stereocenters. The number of aliphatic hydroxyl groups excluding tert-OH is 1. The molecular weight excluding hydrogens is 456 g/mol. The Labute approximate surface area is 202 Å². The number of thiophene rings is 1. The van der Waals surface area contributed by atoms with Gasteiger partial charge in [-0.05, 0) is 73.0 Å². The molecule has 1 aromatic carbocycles. The van der Waals surface area contributed by atoms with Crippen molar-refractivity contribution >= 4 is 40.0 Å². The number of carboxylic acids is 1. The molecule has 0 saturated carbocycles. The fraction of sp³-hybridized carbons (Fsp3) is 0.440. The summed E-state index contributed by atoms with van der Waals surface area (Å²) >= 11 is 3.57. The van der Waals surface area contributed by atoms with Crippen molar-refractivity contribution in [3.05, 3.63) is 53.5 Å². The van der Waals surface area contributed by atoms with Gasteiger partial charge in [0, 0.05) is 30.4 Å². The number of hydrogen-bond donors (Lipinski definition) is 2. The first-order valence-electron chi connectivity index (χ1n) is 11.3. The van der Waals surface area contributed by atoms with E-state index in [9.17, 15) is 15.0 Å². The van der Waals surface area contributed by atoms with Crippen LogP contribution in [0.15, 0.2) is 52.2 Å². The van der Waals surface area contributed by atoms with E-state index in [1.54, 1.807) is 24.6 Å². The Kier molecular flexibility index (Phi) is 8.25. The van der Waals surface area contributed by atoms with Gasteiger partial charge in [0.2, 0.25) is 0 Å². The van der Waals surface area contributed by atoms with E-state index < -0.39 is 18.0 Å². The second-order valence-electron chi connectivity index (χ2n) is 8.45. The van der Waals surface area contributed by atoms with Crippen molar-refractivity contribution in [2.75, 3.05) is 32.5 Å². The van der Waals surface area contributed by atoms with Crippen LogP contribution in [0.4, 0.5) is 0 Å². The van der Waals surface area contributed by atoms with Crippen molar-refractivity contribution < 1.29 is 19.7 Å². The summed E-state index contributed by atoms with van der Waals surface area (Å²) in [4.78, 5) is 18.7. The van der Waals surface area contributed by atoms with Gasteiger partial charge in [-0.15, -0.1) is 23.1 Å². The fourth-order valence-corrected chi connectivity index (χ4v) is 6.47. The molecule has 0 aliphatic carbocycles. The fourth-order valence-electron chi connectivity index (χ4n) is 4.61. The van der Waals surface area contributed by atoms with Crippen molar-refractivity contribution in [3.8, 4) is 5.75 Å². The summed E-state index contributed by atoms with van der Waals surface area (Å²) in [5, 5.41) is 23.8. The molecule has 33 heavy (non-hydrogen) atoms. The number of rotatable bonds is 10. The zero-order valence-electron chi connectivity index (χ0n) is 18.7. The SMILES string of the molecule is COc1ccc2nccc(C(O)CC[C@@H]3CCN(CCSc4cccs4)C[C@@H]3C(=O)O)c2c1. The number of methoxy groups -OCH3 is 1. The highest BCUT2D eigenvalue weighted by Crippen LogP contribution is 2.34. The summed E-state index contributed by atoms with van der Waals surface area (Å²) in [5.41, 5.74) is 1.62. The normalized spacial score (nSPS) is 20.1. The van der Waals surface area contributed by atoms with E-state index in [0.29, 0.717) is 19.4 Å². The molecule has 3 heterocycles. The third-order valence-corrected chi connectivity index (χ3v) is 8.57. The summed E-state index contributed by atoms with van der Waals surface area (Å²) < 4.78 is 6.63. The van der Waals surface area contributed by atoms with Crippen molar-refractivity contribution in [1.29, 1.82) is 0 Å². The number of thioether (sulfide) groups is 1. The number of carboxylic acid groups (broad SMARTS) is 1. The van der Waals surface area contributed by atoms with Crippen molar-refractivity contribution in [1.82, 2.24) is 9.88 Å². The highest BCUT2D eigenvalue weighted by molar-refractivity contribution is 8.01. The van der Waals surface area contributed by atoms with Gasteiger partial charge in [-0.25, -0.2) is 0 Å². The van der Waals surface area contributed by atoms with Crippen LogP contribution < -0.4 is 4.74 Å². The third-order valence-electron chi connectivity index (χ3n) is 6.46. The predicted octanol–water partition coefficient (Wildman–Crippen LogP) is 4.93. The monoisotopic (exact) mass is 486 g/mol. The maximum atomic E-state index is 12.0. The van der Waals surface area contributed by atoms with E-state index in [2.05, 4.69) is 27.4 Å². The quantitative estimate of drug-likeness (QED) is 0.393. The summed E-state index contributed by atoms with van der Waals surface area (Å²) in [6, 6.07) is 11.7. The van der Waals surface area contributed by atoms with Gasteiger partial charge in [0.1, 0.15) is 5.75 Å². The smallest absolute Gasteiger partial charge is 0.308 e. The number of fused-ring (bicyclic) bond motifs is 1. The first-order valence-corrected chi connectivity index (χ1v) is 13.1. The molecule has 0 amide bonds. The van der Waals surface area contributed by atoms with Crippen molar-refractivity contribution in [2.24, 2.45) is 11.8 Å². The molecule has 1 aliphatic rings. The number of benzene rings is 1. The molecule has 3 aromatic rings. The Balaban J connectivity index is 1.34. The van der Waals surface area contributed by atoms with Crippen LogP contribution in [0.5, 0.6) is 5.75 Å². The molecular formula is C25H30N2O4S2. The lowest BCUT2D eigenvalue weighted by Gasteiger charge is -2.36. The van der Waals surface area contributed by atoms with E-state index in [4.69, 9.17) is 4.74 Å². The lowest BCUT2D eigenvalue weighted by molar-refractivity contribution is -0.146. The highest BCUT2D eigenvalue weighted by atomic mass is 32.2. The van der Waals surface area contributed by atoms with Crippen LogP contribution >= 0.6 is 23.1 Å². The minimum atomic E-state index is -0.732. The van der Waals surface area contributed by atoms with E-state index >= 15 is 0 Å². The largest absolute Gasteiger partial charge is 0.497 e. The van der Waals surface area contributed by atoms with E-state index in [1.807, 2.05) is 36.0 Å². The Bertz CT molecular complexity index is 1060. The lowest BCUT2D eigenvalue weighted by atomic mass is 9.81. The second kappa shape index (κ2) is 11.3. The molecule has 176 valence electrons. The Hall–Kier alpha value is -2.13. The zero-order chi connectivity index (χ0) is 23.2. The second-order valence-corrected chi connectivity index (χ2v) is 10.8. The minimum Gasteiger partial charge on any atom is -0.497 e. The molecule has 0 bridgehead atoms. The first-order chi connectivity index (χ1) is 16.0. The Morgan fingerprint density at radius 1 is 1.36 bits per heavy atom. The summed E-state index contributed by atoms with van der Waals surface area (Å²) in [6.07, 6.45) is 3.10. The van der Waals surface area contributed by atoms with Gasteiger partial charge in [0.05, 0.1) is 28.9 Å². The maximum absolute atomic E-state index is 12.0. The average Bonchev–Trinajstić information content (AvgIpc) is 3.35. The van der Waals surface area contributed by atoms with Gasteiger partial charge < -0.3 is 19.8 Å². The number of hydrogen-bond acceptors (Lipinski definition) is 7. The van der Waals surface area contributed by atoms with Gasteiger partial charge in [-0.3, -0.25) is 9.78 Å². The average molecular weight is 487 g/mol. The van der Waals surface area contributed by atoms with Crippen molar-refractivity contribution in [3.63, 3.8) is 0 Å². The lowest BCUT2D eigenvalue weighted by Crippen LogP contribution is -2.44. The Morgan fingerprint density at radius 2 is 2.24 bits per heavy atom. The van der Waals surface area contributed by atoms with Gasteiger partial charge >= 0.3 is 5.97 Å². The van der Waals surface area contributed by atoms with Crippen LogP contribution in [0.3, 0.4) is 0 Å². The number of nitrogens with zero attached hydrogens (tertiary/aromatic N) is 2. The highest BCUT2D eigenvalue weighted by Gasteiger charge is 2.34. The number of ether oxygens (including phenoxy) is 1. The molecule has 1 saturated heterocycles. The molecule has 2 N–H and O–H groups in total. The van der Waals surface area contributed by atoms with Crippen LogP contribution in [0.25, 0.3) is 10.9 Å². The molecule has 2 aromatic heterocycles. The van der Waals surface area contributed by atoms with Crippen molar-refractivity contribution in [2.45, 2.75) is 29.6 Å². The van der Waals surface area contributed by atoms with Crippen LogP contribution in [0, 0.1) is 11.8 Å². The number of carbonyl (C=O) groups is 1. The predicted molar refractivity (Wildman–Crippen MR) is 133 cm³/mol. The number of pyridine rings is 1. The summed E-state index contributed by atoms with van der Waals surface area (Å²) in [5.74, 6) is 0.631. The zero-order valence-corrected chi connectivity index (χ0v) is 20.4. The molecule has 0 spiro atoms. The summed E-state index contributed by atoms with van der Waals surface area (Å²) in [6.45, 7) is 2.38. The van der Waals surface area contributed by atoms with Crippen LogP contribution in [0.1, 0.15) is 30.9 Å². The third kappa shape index (κ3) is 6.06. The van der Waals surface area contributed by atoms with Crippen LogP contribution in [-0.4, -0.2) is 58.6 Å². The molecule has 1 aliphatic heterocycles. The minimum absolute atomic E-state index is 0.0704. The van der Waals surface area contributed by atoms with Crippen LogP contribution in [0.2, 0.25) is 0 Å². The molecule has 0 radical (unpaired) electrons. The number of likely N-dealkylation sites (tertiary alicyclic amines) is 1. The van der Waals surface area contributed by atoms with Crippen LogP contribution in [-0.2, 0) is 4.79 Å². The molecule has 6 nitrogen and oxygen atoms in total. The molecule has 1 fully saturated rings. The van der Waals surface area contributed by atoms with Gasteiger partial charge in [0.15, 0.2) is 0 Å². The molecule has 4 rings (SSSR count). The number of aromatic nitrogens is 1. The van der Waals surface area contributed by atoms with Gasteiger partial charge in [-0.2, -0.15) is 0 Å². The van der Waals surface area contributed by atoms with E-state index in [-0.39, 0.29) is 5.92 Å². The standard InChI is InChI=1S/C25H30N2O4S2/c1-31-18-5-6-22-20(15-18)19(8-10-26-22)23(28)7-4-17-9-11-27(16-21(17)25(29)30)12-14-33-24-3-2-13-32-24/h2-3,5-6,8,10,13,15,17,21,23,28H,4,7,9,11-12,14,16H2,1H3,(H,29,30)/t17-,21+,23?/m1/s1. The molecule has 8 heteroatoms. The number of aliphatic carboxylic acids is 1. The van der Waals surface area contributed by atoms with E-state index in [0.717, 1.165) is 47.5 Å². The number of aliphatic hydroxyl groups is 1.